The maximum atomic E-state index is 12.3. The Hall–Kier alpha value is -1.59. The van der Waals surface area contributed by atoms with Crippen molar-refractivity contribution in [2.24, 2.45) is 23.5 Å². The number of carboxylic acids is 1. The molecule has 0 aromatic heterocycles. The Bertz CT molecular complexity index is 388. The van der Waals surface area contributed by atoms with Gasteiger partial charge in [-0.1, -0.05) is 6.42 Å². The lowest BCUT2D eigenvalue weighted by Gasteiger charge is -2.33. The fraction of sp³-hybridized carbons (Fsp3) is 0.769. The predicted molar refractivity (Wildman–Crippen MR) is 67.0 cm³/mol. The average Bonchev–Trinajstić information content (AvgIpc) is 2.87. The van der Waals surface area contributed by atoms with Gasteiger partial charge in [0, 0.05) is 19.0 Å². The van der Waals surface area contributed by atoms with Crippen LogP contribution < -0.4 is 5.73 Å². The van der Waals surface area contributed by atoms with Crippen LogP contribution in [0.15, 0.2) is 0 Å². The molecule has 19 heavy (non-hydrogen) atoms. The van der Waals surface area contributed by atoms with Crippen molar-refractivity contribution < 1.29 is 19.5 Å². The molecule has 6 nitrogen and oxygen atoms in total. The SMILES string of the molecule is NC(=O)C1CCN(C(=O)[C@@H]2CCC[C@@H]2C(=O)O)CC1. The number of amides is 2. The normalized spacial score (nSPS) is 28.3. The molecule has 1 heterocycles. The van der Waals surface area contributed by atoms with Crippen LogP contribution in [0.1, 0.15) is 32.1 Å². The Morgan fingerprint density at radius 1 is 1.00 bits per heavy atom. The molecule has 2 amide bonds. The third-order valence-corrected chi connectivity index (χ3v) is 4.36. The molecular formula is C13H20N2O4. The van der Waals surface area contributed by atoms with E-state index in [1.807, 2.05) is 0 Å². The van der Waals surface area contributed by atoms with Crippen molar-refractivity contribution in [3.8, 4) is 0 Å². The quantitative estimate of drug-likeness (QED) is 0.764. The molecule has 0 bridgehead atoms. The van der Waals surface area contributed by atoms with Gasteiger partial charge in [0.15, 0.2) is 0 Å². The molecule has 106 valence electrons. The number of piperidine rings is 1. The van der Waals surface area contributed by atoms with Gasteiger partial charge in [0.2, 0.25) is 11.8 Å². The van der Waals surface area contributed by atoms with Gasteiger partial charge in [0.25, 0.3) is 0 Å². The minimum Gasteiger partial charge on any atom is -0.481 e. The summed E-state index contributed by atoms with van der Waals surface area (Å²) < 4.78 is 0. The summed E-state index contributed by atoms with van der Waals surface area (Å²) in [5.41, 5.74) is 5.25. The molecule has 2 atom stereocenters. The van der Waals surface area contributed by atoms with Gasteiger partial charge in [-0.15, -0.1) is 0 Å². The second-order valence-electron chi connectivity index (χ2n) is 5.48. The highest BCUT2D eigenvalue weighted by atomic mass is 16.4. The lowest BCUT2D eigenvalue weighted by atomic mass is 9.91. The van der Waals surface area contributed by atoms with Crippen LogP contribution >= 0.6 is 0 Å². The summed E-state index contributed by atoms with van der Waals surface area (Å²) in [6.45, 7) is 1.02. The van der Waals surface area contributed by atoms with E-state index in [4.69, 9.17) is 10.8 Å². The fourth-order valence-electron chi connectivity index (χ4n) is 3.17. The van der Waals surface area contributed by atoms with Gasteiger partial charge in [-0.25, -0.2) is 0 Å². The predicted octanol–water partition coefficient (Wildman–Crippen LogP) is 0.211. The number of rotatable bonds is 3. The Morgan fingerprint density at radius 2 is 1.58 bits per heavy atom. The van der Waals surface area contributed by atoms with Crippen LogP contribution in [0.5, 0.6) is 0 Å². The van der Waals surface area contributed by atoms with Crippen LogP contribution in [-0.2, 0) is 14.4 Å². The van der Waals surface area contributed by atoms with Crippen molar-refractivity contribution in [2.45, 2.75) is 32.1 Å². The van der Waals surface area contributed by atoms with E-state index in [1.54, 1.807) is 4.90 Å². The molecule has 0 radical (unpaired) electrons. The van der Waals surface area contributed by atoms with Crippen LogP contribution in [-0.4, -0.2) is 40.9 Å². The number of aliphatic carboxylic acids is 1. The molecule has 1 saturated heterocycles. The molecule has 1 saturated carbocycles. The summed E-state index contributed by atoms with van der Waals surface area (Å²) in [5.74, 6) is -2.32. The second-order valence-corrected chi connectivity index (χ2v) is 5.48. The minimum absolute atomic E-state index is 0.0622. The molecule has 2 aliphatic rings. The smallest absolute Gasteiger partial charge is 0.307 e. The zero-order valence-corrected chi connectivity index (χ0v) is 10.9. The zero-order valence-electron chi connectivity index (χ0n) is 10.9. The summed E-state index contributed by atoms with van der Waals surface area (Å²) in [6, 6.07) is 0. The Kier molecular flexibility index (Phi) is 4.07. The van der Waals surface area contributed by atoms with Crippen LogP contribution in [0.4, 0.5) is 0 Å². The summed E-state index contributed by atoms with van der Waals surface area (Å²) in [6.07, 6.45) is 3.22. The molecule has 1 aliphatic carbocycles. The van der Waals surface area contributed by atoms with E-state index in [0.29, 0.717) is 38.8 Å². The molecule has 0 unspecified atom stereocenters. The number of primary amides is 1. The Labute approximate surface area is 111 Å². The van der Waals surface area contributed by atoms with Crippen LogP contribution in [0.3, 0.4) is 0 Å². The molecule has 0 aromatic rings. The van der Waals surface area contributed by atoms with E-state index in [1.165, 1.54) is 0 Å². The first-order valence-corrected chi connectivity index (χ1v) is 6.81. The van der Waals surface area contributed by atoms with Crippen LogP contribution in [0.2, 0.25) is 0 Å². The highest BCUT2D eigenvalue weighted by molar-refractivity contribution is 5.85. The standard InChI is InChI=1S/C13H20N2O4/c14-11(16)8-4-6-15(7-5-8)12(17)9-2-1-3-10(9)13(18)19/h8-10H,1-7H2,(H2,14,16)(H,18,19)/t9-,10+/m1/s1. The van der Waals surface area contributed by atoms with E-state index < -0.39 is 11.9 Å². The van der Waals surface area contributed by atoms with Crippen molar-refractivity contribution >= 4 is 17.8 Å². The number of hydrogen-bond donors (Lipinski definition) is 2. The highest BCUT2D eigenvalue weighted by Crippen LogP contribution is 2.34. The molecule has 0 aromatic carbocycles. The average molecular weight is 268 g/mol. The number of carbonyl (C=O) groups excluding carboxylic acids is 2. The first-order valence-electron chi connectivity index (χ1n) is 6.81. The van der Waals surface area contributed by atoms with Crippen molar-refractivity contribution in [1.82, 2.24) is 4.90 Å². The molecule has 0 spiro atoms. The number of hydrogen-bond acceptors (Lipinski definition) is 3. The monoisotopic (exact) mass is 268 g/mol. The van der Waals surface area contributed by atoms with E-state index in [-0.39, 0.29) is 23.7 Å². The second kappa shape index (κ2) is 5.59. The summed E-state index contributed by atoms with van der Waals surface area (Å²) in [7, 11) is 0. The number of carbonyl (C=O) groups is 3. The third kappa shape index (κ3) is 2.88. The molecule has 6 heteroatoms. The molecule has 2 fully saturated rings. The van der Waals surface area contributed by atoms with Gasteiger partial charge in [-0.05, 0) is 25.7 Å². The maximum Gasteiger partial charge on any atom is 0.307 e. The minimum atomic E-state index is -0.872. The molecule has 3 N–H and O–H groups in total. The molecule has 1 aliphatic heterocycles. The Morgan fingerprint density at radius 3 is 2.11 bits per heavy atom. The topological polar surface area (TPSA) is 101 Å². The summed E-state index contributed by atoms with van der Waals surface area (Å²) >= 11 is 0. The maximum absolute atomic E-state index is 12.3. The summed E-state index contributed by atoms with van der Waals surface area (Å²) in [5, 5.41) is 9.11. The van der Waals surface area contributed by atoms with Crippen LogP contribution in [0.25, 0.3) is 0 Å². The largest absolute Gasteiger partial charge is 0.481 e. The molecular weight excluding hydrogens is 248 g/mol. The van der Waals surface area contributed by atoms with Gasteiger partial charge < -0.3 is 15.7 Å². The van der Waals surface area contributed by atoms with Gasteiger partial charge in [0.05, 0.1) is 11.8 Å². The van der Waals surface area contributed by atoms with Gasteiger partial charge in [-0.2, -0.15) is 0 Å². The first-order chi connectivity index (χ1) is 9.00. The first kappa shape index (κ1) is 13.8. The Balaban J connectivity index is 1.94. The van der Waals surface area contributed by atoms with Crippen molar-refractivity contribution in [1.29, 1.82) is 0 Å². The highest BCUT2D eigenvalue weighted by Gasteiger charge is 2.40. The fourth-order valence-corrected chi connectivity index (χ4v) is 3.17. The van der Waals surface area contributed by atoms with Gasteiger partial charge in [0.1, 0.15) is 0 Å². The zero-order chi connectivity index (χ0) is 14.0. The van der Waals surface area contributed by atoms with Crippen LogP contribution in [0, 0.1) is 17.8 Å². The third-order valence-electron chi connectivity index (χ3n) is 4.36. The lowest BCUT2D eigenvalue weighted by molar-refractivity contribution is -0.149. The number of nitrogens with zero attached hydrogens (tertiary/aromatic N) is 1. The van der Waals surface area contributed by atoms with Crippen molar-refractivity contribution in [3.63, 3.8) is 0 Å². The van der Waals surface area contributed by atoms with E-state index in [2.05, 4.69) is 0 Å². The number of nitrogens with two attached hydrogens (primary N) is 1. The van der Waals surface area contributed by atoms with E-state index in [0.717, 1.165) is 6.42 Å². The lowest BCUT2D eigenvalue weighted by Crippen LogP contribution is -2.45. The number of likely N-dealkylation sites (tertiary alicyclic amines) is 1. The van der Waals surface area contributed by atoms with Gasteiger partial charge in [-0.3, -0.25) is 14.4 Å². The molecule has 2 rings (SSSR count). The van der Waals surface area contributed by atoms with E-state index >= 15 is 0 Å². The van der Waals surface area contributed by atoms with Gasteiger partial charge >= 0.3 is 5.97 Å². The van der Waals surface area contributed by atoms with Crippen molar-refractivity contribution in [3.05, 3.63) is 0 Å². The number of carboxylic acid groups (broad SMARTS) is 1. The van der Waals surface area contributed by atoms with E-state index in [9.17, 15) is 14.4 Å². The van der Waals surface area contributed by atoms with Crippen molar-refractivity contribution in [2.75, 3.05) is 13.1 Å². The summed E-state index contributed by atoms with van der Waals surface area (Å²) in [4.78, 5) is 36.2.